The predicted octanol–water partition coefficient (Wildman–Crippen LogP) is 5.28. The van der Waals surface area contributed by atoms with Crippen LogP contribution in [0.25, 0.3) is 0 Å². The van der Waals surface area contributed by atoms with Crippen molar-refractivity contribution in [2.75, 3.05) is 13.2 Å². The smallest absolute Gasteiger partial charge is 0.261 e. The zero-order valence-corrected chi connectivity index (χ0v) is 19.4. The summed E-state index contributed by atoms with van der Waals surface area (Å²) in [6.07, 6.45) is 0.793. The van der Waals surface area contributed by atoms with Gasteiger partial charge in [-0.05, 0) is 56.2 Å². The van der Waals surface area contributed by atoms with E-state index < -0.39 is 6.04 Å². The van der Waals surface area contributed by atoms with E-state index in [1.807, 2.05) is 13.8 Å². The van der Waals surface area contributed by atoms with Gasteiger partial charge in [0.1, 0.15) is 11.8 Å². The van der Waals surface area contributed by atoms with E-state index in [1.54, 1.807) is 43.3 Å². The van der Waals surface area contributed by atoms with Gasteiger partial charge in [-0.1, -0.05) is 47.8 Å². The Morgan fingerprint density at radius 1 is 1.10 bits per heavy atom. The summed E-state index contributed by atoms with van der Waals surface area (Å²) in [6, 6.07) is 9.53. The van der Waals surface area contributed by atoms with Gasteiger partial charge >= 0.3 is 0 Å². The molecule has 2 amide bonds. The molecule has 0 aliphatic carbocycles. The number of halogens is 3. The normalized spacial score (nSPS) is 11.7. The Morgan fingerprint density at radius 3 is 2.37 bits per heavy atom. The highest BCUT2D eigenvalue weighted by molar-refractivity contribution is 6.36. The molecule has 0 fully saturated rings. The molecule has 0 radical (unpaired) electrons. The minimum absolute atomic E-state index is 0.0844. The number of hydrogen-bond donors (Lipinski definition) is 1. The van der Waals surface area contributed by atoms with Gasteiger partial charge in [-0.25, -0.2) is 0 Å². The third kappa shape index (κ3) is 6.53. The van der Waals surface area contributed by atoms with Crippen LogP contribution < -0.4 is 10.1 Å². The number of rotatable bonds is 9. The molecular formula is C22H25Cl3N2O3. The van der Waals surface area contributed by atoms with E-state index in [-0.39, 0.29) is 25.0 Å². The molecule has 0 aromatic heterocycles. The van der Waals surface area contributed by atoms with Crippen molar-refractivity contribution in [1.29, 1.82) is 0 Å². The third-order valence-corrected chi connectivity index (χ3v) is 5.73. The van der Waals surface area contributed by atoms with Crippen LogP contribution in [-0.4, -0.2) is 35.9 Å². The molecule has 0 heterocycles. The highest BCUT2D eigenvalue weighted by Gasteiger charge is 2.27. The summed E-state index contributed by atoms with van der Waals surface area (Å²) in [6.45, 7) is 5.84. The first-order chi connectivity index (χ1) is 14.2. The molecule has 0 saturated heterocycles. The fraction of sp³-hybridized carbons (Fsp3) is 0.364. The largest absolute Gasteiger partial charge is 0.484 e. The van der Waals surface area contributed by atoms with Gasteiger partial charge < -0.3 is 15.0 Å². The zero-order chi connectivity index (χ0) is 22.3. The molecule has 30 heavy (non-hydrogen) atoms. The maximum Gasteiger partial charge on any atom is 0.261 e. The number of nitrogens with one attached hydrogen (secondary N) is 1. The summed E-state index contributed by atoms with van der Waals surface area (Å²) in [4.78, 5) is 27.0. The second-order valence-corrected chi connectivity index (χ2v) is 8.11. The summed E-state index contributed by atoms with van der Waals surface area (Å²) in [7, 11) is 0. The molecule has 2 aromatic carbocycles. The highest BCUT2D eigenvalue weighted by Crippen LogP contribution is 2.27. The van der Waals surface area contributed by atoms with Crippen LogP contribution in [0.2, 0.25) is 15.1 Å². The second kappa shape index (κ2) is 11.4. The molecule has 0 aliphatic rings. The van der Waals surface area contributed by atoms with Crippen LogP contribution in [-0.2, 0) is 16.1 Å². The molecule has 8 heteroatoms. The number of benzene rings is 2. The number of carbonyl (C=O) groups excluding carboxylic acids is 2. The maximum absolute atomic E-state index is 13.0. The topological polar surface area (TPSA) is 58.6 Å². The zero-order valence-electron chi connectivity index (χ0n) is 17.2. The van der Waals surface area contributed by atoms with Gasteiger partial charge in [-0.2, -0.15) is 0 Å². The fourth-order valence-electron chi connectivity index (χ4n) is 2.77. The van der Waals surface area contributed by atoms with Gasteiger partial charge in [0.05, 0.1) is 0 Å². The number of nitrogens with zero attached hydrogens (tertiary/aromatic N) is 1. The Labute approximate surface area is 192 Å². The lowest BCUT2D eigenvalue weighted by Crippen LogP contribution is -2.49. The summed E-state index contributed by atoms with van der Waals surface area (Å²) in [5, 5.41) is 4.28. The molecule has 1 atom stereocenters. The number of carbonyl (C=O) groups is 2. The van der Waals surface area contributed by atoms with Crippen molar-refractivity contribution in [2.45, 2.75) is 39.8 Å². The van der Waals surface area contributed by atoms with Crippen LogP contribution >= 0.6 is 34.8 Å². The summed E-state index contributed by atoms with van der Waals surface area (Å²) < 4.78 is 5.65. The molecule has 2 aromatic rings. The molecule has 0 spiro atoms. The minimum Gasteiger partial charge on any atom is -0.484 e. The van der Waals surface area contributed by atoms with Crippen LogP contribution in [0.15, 0.2) is 36.4 Å². The first-order valence-corrected chi connectivity index (χ1v) is 10.8. The quantitative estimate of drug-likeness (QED) is 0.541. The van der Waals surface area contributed by atoms with E-state index in [0.29, 0.717) is 32.9 Å². The summed E-state index contributed by atoms with van der Waals surface area (Å²) >= 11 is 18.6. The molecule has 0 saturated carbocycles. The Balaban J connectivity index is 2.21. The Hall–Kier alpha value is -1.95. The monoisotopic (exact) mass is 470 g/mol. The SMILES string of the molecule is CCCNC(=O)[C@H](C)N(Cc1c(Cl)cccc1Cl)C(=O)COc1ccc(Cl)c(C)c1. The van der Waals surface area contributed by atoms with Crippen LogP contribution in [0, 0.1) is 6.92 Å². The lowest BCUT2D eigenvalue weighted by Gasteiger charge is -2.29. The lowest BCUT2D eigenvalue weighted by molar-refractivity contribution is -0.142. The number of amides is 2. The highest BCUT2D eigenvalue weighted by atomic mass is 35.5. The van der Waals surface area contributed by atoms with Gasteiger partial charge in [-0.3, -0.25) is 9.59 Å². The van der Waals surface area contributed by atoms with E-state index in [0.717, 1.165) is 12.0 Å². The van der Waals surface area contributed by atoms with Crippen molar-refractivity contribution in [3.05, 3.63) is 62.6 Å². The Kier molecular flexibility index (Phi) is 9.28. The molecule has 162 valence electrons. The average Bonchev–Trinajstić information content (AvgIpc) is 2.72. The molecule has 5 nitrogen and oxygen atoms in total. The number of aryl methyl sites for hydroxylation is 1. The van der Waals surface area contributed by atoms with E-state index in [2.05, 4.69) is 5.32 Å². The third-order valence-electron chi connectivity index (χ3n) is 4.60. The summed E-state index contributed by atoms with van der Waals surface area (Å²) in [5.41, 5.74) is 1.42. The van der Waals surface area contributed by atoms with E-state index >= 15 is 0 Å². The van der Waals surface area contributed by atoms with Gasteiger partial charge in [0.15, 0.2) is 6.61 Å². The maximum atomic E-state index is 13.0. The predicted molar refractivity (Wildman–Crippen MR) is 121 cm³/mol. The first-order valence-electron chi connectivity index (χ1n) is 9.63. The Bertz CT molecular complexity index is 885. The van der Waals surface area contributed by atoms with Crippen LogP contribution in [0.4, 0.5) is 0 Å². The summed E-state index contributed by atoms with van der Waals surface area (Å²) in [5.74, 6) is -0.0995. The first kappa shape index (κ1) is 24.3. The molecule has 0 aliphatic heterocycles. The molecule has 0 bridgehead atoms. The van der Waals surface area contributed by atoms with Crippen molar-refractivity contribution in [3.8, 4) is 5.75 Å². The van der Waals surface area contributed by atoms with Crippen molar-refractivity contribution in [2.24, 2.45) is 0 Å². The van der Waals surface area contributed by atoms with Gasteiger partial charge in [0.2, 0.25) is 5.91 Å². The minimum atomic E-state index is -0.730. The molecular weight excluding hydrogens is 447 g/mol. The van der Waals surface area contributed by atoms with E-state index in [1.165, 1.54) is 4.90 Å². The van der Waals surface area contributed by atoms with Crippen molar-refractivity contribution >= 4 is 46.6 Å². The number of ether oxygens (including phenoxy) is 1. The van der Waals surface area contributed by atoms with Crippen molar-refractivity contribution < 1.29 is 14.3 Å². The molecule has 0 unspecified atom stereocenters. The Morgan fingerprint density at radius 2 is 1.77 bits per heavy atom. The molecule has 2 rings (SSSR count). The van der Waals surface area contributed by atoms with Gasteiger partial charge in [-0.15, -0.1) is 0 Å². The fourth-order valence-corrected chi connectivity index (χ4v) is 3.40. The van der Waals surface area contributed by atoms with Crippen molar-refractivity contribution in [1.82, 2.24) is 10.2 Å². The van der Waals surface area contributed by atoms with Crippen LogP contribution in [0.1, 0.15) is 31.4 Å². The second-order valence-electron chi connectivity index (χ2n) is 6.89. The van der Waals surface area contributed by atoms with E-state index in [9.17, 15) is 9.59 Å². The van der Waals surface area contributed by atoms with Crippen LogP contribution in [0.5, 0.6) is 5.75 Å². The van der Waals surface area contributed by atoms with Crippen molar-refractivity contribution in [3.63, 3.8) is 0 Å². The van der Waals surface area contributed by atoms with Crippen LogP contribution in [0.3, 0.4) is 0 Å². The van der Waals surface area contributed by atoms with Gasteiger partial charge in [0, 0.05) is 33.7 Å². The standard InChI is InChI=1S/C22H25Cl3N2O3/c1-4-10-26-22(29)15(3)27(12-17-19(24)6-5-7-20(17)25)21(28)13-30-16-8-9-18(23)14(2)11-16/h5-9,11,15H,4,10,12-13H2,1-3H3,(H,26,29)/t15-/m0/s1. The van der Waals surface area contributed by atoms with E-state index in [4.69, 9.17) is 39.5 Å². The lowest BCUT2D eigenvalue weighted by atomic mass is 10.1. The molecule has 1 N–H and O–H groups in total. The average molecular weight is 472 g/mol. The van der Waals surface area contributed by atoms with Gasteiger partial charge in [0.25, 0.3) is 5.91 Å². The number of hydrogen-bond acceptors (Lipinski definition) is 3.